The third-order valence-electron chi connectivity index (χ3n) is 6.86. The van der Waals surface area contributed by atoms with Gasteiger partial charge in [-0.2, -0.15) is 4.31 Å². The molecule has 0 spiro atoms. The van der Waals surface area contributed by atoms with E-state index in [1.54, 1.807) is 28.2 Å². The molecule has 5 nitrogen and oxygen atoms in total. The zero-order valence-corrected chi connectivity index (χ0v) is 22.1. The van der Waals surface area contributed by atoms with Crippen LogP contribution in [0.3, 0.4) is 0 Å². The number of halogens is 1. The number of hydrogen-bond acceptors (Lipinski definition) is 4. The fourth-order valence-electron chi connectivity index (χ4n) is 5.08. The maximum absolute atomic E-state index is 13.3. The summed E-state index contributed by atoms with van der Waals surface area (Å²) in [4.78, 5) is 5.32. The Kier molecular flexibility index (Phi) is 6.89. The van der Waals surface area contributed by atoms with Gasteiger partial charge in [0.05, 0.1) is 15.9 Å². The molecule has 33 heavy (non-hydrogen) atoms. The minimum absolute atomic E-state index is 0.365. The summed E-state index contributed by atoms with van der Waals surface area (Å²) >= 11 is 5.24. The van der Waals surface area contributed by atoms with Crippen LogP contribution >= 0.6 is 27.7 Å². The van der Waals surface area contributed by atoms with Gasteiger partial charge in [0.15, 0.2) is 5.16 Å². The van der Waals surface area contributed by atoms with Gasteiger partial charge in [0, 0.05) is 29.4 Å². The Morgan fingerprint density at radius 1 is 1.06 bits per heavy atom. The van der Waals surface area contributed by atoms with E-state index in [1.165, 1.54) is 18.4 Å². The van der Waals surface area contributed by atoms with E-state index < -0.39 is 10.0 Å². The number of piperidine rings is 1. The number of thioether (sulfide) groups is 1. The molecule has 1 saturated heterocycles. The summed E-state index contributed by atoms with van der Waals surface area (Å²) in [6, 6.07) is 14.4. The SMILES string of the molecule is C[C@@H]1CCCN(S(=O)(=O)c2ccc3c(c2)nc(SCc2ccc(Br)cc2)n3C2CCCC2)C1. The second kappa shape index (κ2) is 9.72. The van der Waals surface area contributed by atoms with Crippen LogP contribution in [-0.2, 0) is 15.8 Å². The van der Waals surface area contributed by atoms with Crippen LogP contribution in [0.4, 0.5) is 0 Å². The standard InChI is InChI=1S/C25H30BrN3O2S2/c1-18-5-4-14-28(16-18)33(30,31)22-12-13-24-23(15-22)27-25(29(24)21-6-2-3-7-21)32-17-19-8-10-20(26)11-9-19/h8-13,15,18,21H,2-7,14,16-17H2,1H3/t18-/m1/s1. The van der Waals surface area contributed by atoms with Crippen LogP contribution in [0.2, 0.25) is 0 Å². The van der Waals surface area contributed by atoms with E-state index in [2.05, 4.69) is 51.7 Å². The van der Waals surface area contributed by atoms with Crippen LogP contribution < -0.4 is 0 Å². The quantitative estimate of drug-likeness (QED) is 0.325. The van der Waals surface area contributed by atoms with Crippen molar-refractivity contribution in [2.24, 2.45) is 5.92 Å². The van der Waals surface area contributed by atoms with Crippen LogP contribution in [-0.4, -0.2) is 35.4 Å². The molecule has 0 bridgehead atoms. The Morgan fingerprint density at radius 3 is 2.55 bits per heavy atom. The molecule has 176 valence electrons. The van der Waals surface area contributed by atoms with E-state index >= 15 is 0 Å². The molecule has 1 aliphatic carbocycles. The predicted molar refractivity (Wildman–Crippen MR) is 138 cm³/mol. The van der Waals surface area contributed by atoms with E-state index in [-0.39, 0.29) is 0 Å². The zero-order valence-electron chi connectivity index (χ0n) is 18.9. The average Bonchev–Trinajstić information content (AvgIpc) is 3.45. The van der Waals surface area contributed by atoms with Crippen molar-refractivity contribution in [3.05, 3.63) is 52.5 Å². The Hall–Kier alpha value is -1.35. The lowest BCUT2D eigenvalue weighted by atomic mass is 10.0. The van der Waals surface area contributed by atoms with Crippen molar-refractivity contribution >= 4 is 48.7 Å². The Morgan fingerprint density at radius 2 is 1.82 bits per heavy atom. The highest BCUT2D eigenvalue weighted by Crippen LogP contribution is 2.38. The van der Waals surface area contributed by atoms with E-state index in [0.29, 0.717) is 29.9 Å². The molecule has 1 atom stereocenters. The minimum atomic E-state index is -3.50. The van der Waals surface area contributed by atoms with Crippen molar-refractivity contribution in [3.8, 4) is 0 Å². The molecule has 1 aliphatic heterocycles. The monoisotopic (exact) mass is 547 g/mol. The first-order valence-corrected chi connectivity index (χ1v) is 15.0. The maximum Gasteiger partial charge on any atom is 0.243 e. The lowest BCUT2D eigenvalue weighted by molar-refractivity contribution is 0.281. The van der Waals surface area contributed by atoms with Gasteiger partial charge in [0.2, 0.25) is 10.0 Å². The van der Waals surface area contributed by atoms with Crippen LogP contribution in [0.1, 0.15) is 57.1 Å². The fraction of sp³-hybridized carbons (Fsp3) is 0.480. The van der Waals surface area contributed by atoms with Crippen molar-refractivity contribution in [1.82, 2.24) is 13.9 Å². The molecular formula is C25H30BrN3O2S2. The molecule has 3 aromatic rings. The molecule has 0 unspecified atom stereocenters. The van der Waals surface area contributed by atoms with Gasteiger partial charge in [-0.15, -0.1) is 0 Å². The summed E-state index contributed by atoms with van der Waals surface area (Å²) in [5, 5.41) is 0.987. The normalized spacial score (nSPS) is 20.6. The molecule has 1 aromatic heterocycles. The van der Waals surface area contributed by atoms with Crippen molar-refractivity contribution in [2.45, 2.75) is 67.3 Å². The molecule has 0 N–H and O–H groups in total. The number of hydrogen-bond donors (Lipinski definition) is 0. The molecule has 2 aromatic carbocycles. The highest BCUT2D eigenvalue weighted by atomic mass is 79.9. The number of fused-ring (bicyclic) bond motifs is 1. The second-order valence-corrected chi connectivity index (χ2v) is 13.2. The fourth-order valence-corrected chi connectivity index (χ4v) is 8.00. The number of imidazole rings is 1. The zero-order chi connectivity index (χ0) is 23.0. The molecule has 2 fully saturated rings. The predicted octanol–water partition coefficient (Wildman–Crippen LogP) is 6.63. The van der Waals surface area contributed by atoms with Gasteiger partial charge in [-0.25, -0.2) is 13.4 Å². The van der Waals surface area contributed by atoms with Crippen LogP contribution in [0.15, 0.2) is 57.0 Å². The lowest BCUT2D eigenvalue weighted by Crippen LogP contribution is -2.39. The first kappa shape index (κ1) is 23.4. The molecule has 1 saturated carbocycles. The molecule has 2 aliphatic rings. The maximum atomic E-state index is 13.3. The van der Waals surface area contributed by atoms with Crippen molar-refractivity contribution in [2.75, 3.05) is 13.1 Å². The molecule has 5 rings (SSSR count). The van der Waals surface area contributed by atoms with Crippen LogP contribution in [0.5, 0.6) is 0 Å². The minimum Gasteiger partial charge on any atom is -0.316 e. The third kappa shape index (κ3) is 4.90. The summed E-state index contributed by atoms with van der Waals surface area (Å²) in [5.74, 6) is 1.24. The first-order chi connectivity index (χ1) is 15.9. The Bertz CT molecular complexity index is 1230. The van der Waals surface area contributed by atoms with E-state index in [4.69, 9.17) is 4.98 Å². The Labute approximate surface area is 209 Å². The summed E-state index contributed by atoms with van der Waals surface area (Å²) in [5.41, 5.74) is 3.08. The summed E-state index contributed by atoms with van der Waals surface area (Å²) in [6.07, 6.45) is 6.80. The number of rotatable bonds is 6. The topological polar surface area (TPSA) is 55.2 Å². The second-order valence-electron chi connectivity index (χ2n) is 9.38. The van der Waals surface area contributed by atoms with E-state index in [9.17, 15) is 8.42 Å². The molecule has 8 heteroatoms. The number of sulfonamides is 1. The van der Waals surface area contributed by atoms with Gasteiger partial charge in [0.1, 0.15) is 0 Å². The van der Waals surface area contributed by atoms with Gasteiger partial charge < -0.3 is 4.57 Å². The Balaban J connectivity index is 1.48. The van der Waals surface area contributed by atoms with Gasteiger partial charge >= 0.3 is 0 Å². The van der Waals surface area contributed by atoms with Crippen LogP contribution in [0, 0.1) is 5.92 Å². The highest BCUT2D eigenvalue weighted by molar-refractivity contribution is 9.10. The van der Waals surface area contributed by atoms with E-state index in [0.717, 1.165) is 52.1 Å². The van der Waals surface area contributed by atoms with E-state index in [1.807, 2.05) is 6.07 Å². The third-order valence-corrected chi connectivity index (χ3v) is 10.3. The van der Waals surface area contributed by atoms with Gasteiger partial charge in [0.25, 0.3) is 0 Å². The smallest absolute Gasteiger partial charge is 0.243 e. The van der Waals surface area contributed by atoms with Crippen molar-refractivity contribution in [3.63, 3.8) is 0 Å². The van der Waals surface area contributed by atoms with Crippen molar-refractivity contribution in [1.29, 1.82) is 0 Å². The van der Waals surface area contributed by atoms with Crippen LogP contribution in [0.25, 0.3) is 11.0 Å². The summed E-state index contributed by atoms with van der Waals surface area (Å²) in [6.45, 7) is 3.34. The number of benzene rings is 2. The first-order valence-electron chi connectivity index (χ1n) is 11.8. The lowest BCUT2D eigenvalue weighted by Gasteiger charge is -2.30. The average molecular weight is 549 g/mol. The summed E-state index contributed by atoms with van der Waals surface area (Å²) in [7, 11) is -3.50. The molecule has 0 amide bonds. The van der Waals surface area contributed by atoms with Gasteiger partial charge in [-0.1, -0.05) is 59.6 Å². The van der Waals surface area contributed by atoms with Gasteiger partial charge in [-0.05, 0) is 67.5 Å². The number of nitrogens with zero attached hydrogens (tertiary/aromatic N) is 3. The number of aromatic nitrogens is 2. The summed E-state index contributed by atoms with van der Waals surface area (Å²) < 4.78 is 31.8. The van der Waals surface area contributed by atoms with Crippen molar-refractivity contribution < 1.29 is 8.42 Å². The largest absolute Gasteiger partial charge is 0.316 e. The highest BCUT2D eigenvalue weighted by Gasteiger charge is 2.30. The molecule has 0 radical (unpaired) electrons. The van der Waals surface area contributed by atoms with Gasteiger partial charge in [-0.3, -0.25) is 0 Å². The molecule has 2 heterocycles. The molecular weight excluding hydrogens is 518 g/mol.